The van der Waals surface area contributed by atoms with Crippen LogP contribution in [0.25, 0.3) is 0 Å². The van der Waals surface area contributed by atoms with Gasteiger partial charge in [0, 0.05) is 0 Å². The van der Waals surface area contributed by atoms with E-state index in [9.17, 15) is 10.2 Å². The Morgan fingerprint density at radius 2 is 1.67 bits per heavy atom. The quantitative estimate of drug-likeness (QED) is 0.632. The van der Waals surface area contributed by atoms with E-state index in [1.807, 2.05) is 20.8 Å². The van der Waals surface area contributed by atoms with Gasteiger partial charge in [-0.2, -0.15) is 0 Å². The second-order valence-electron chi connectivity index (χ2n) is 4.92. The van der Waals surface area contributed by atoms with Crippen molar-refractivity contribution in [3.63, 3.8) is 0 Å². The number of rotatable bonds is 1. The van der Waals surface area contributed by atoms with E-state index in [2.05, 4.69) is 0 Å². The third-order valence-electron chi connectivity index (χ3n) is 3.06. The Morgan fingerprint density at radius 1 is 1.25 bits per heavy atom. The topological polar surface area (TPSA) is 40.5 Å². The summed E-state index contributed by atoms with van der Waals surface area (Å²) >= 11 is 0. The minimum atomic E-state index is -0.573. The first-order valence-corrected chi connectivity index (χ1v) is 4.76. The third-order valence-corrected chi connectivity index (χ3v) is 3.06. The summed E-state index contributed by atoms with van der Waals surface area (Å²) in [5, 5.41) is 19.4. The van der Waals surface area contributed by atoms with Gasteiger partial charge in [0.15, 0.2) is 0 Å². The zero-order valence-electron chi connectivity index (χ0n) is 8.30. The maximum atomic E-state index is 9.73. The fourth-order valence-corrected chi connectivity index (χ4v) is 1.95. The van der Waals surface area contributed by atoms with Crippen molar-refractivity contribution in [1.29, 1.82) is 0 Å². The Bertz CT molecular complexity index is 146. The summed E-state index contributed by atoms with van der Waals surface area (Å²) in [7, 11) is 0. The molecule has 0 aliphatic heterocycles. The molecule has 0 spiro atoms. The lowest BCUT2D eigenvalue weighted by atomic mass is 9.73. The molecule has 0 atom stereocenters. The number of hydrogen-bond acceptors (Lipinski definition) is 2. The summed E-state index contributed by atoms with van der Waals surface area (Å²) in [5.41, 5.74) is -1.06. The van der Waals surface area contributed by atoms with Crippen LogP contribution >= 0.6 is 0 Å². The second-order valence-corrected chi connectivity index (χ2v) is 4.92. The van der Waals surface area contributed by atoms with Crippen LogP contribution in [-0.4, -0.2) is 21.4 Å². The molecule has 0 radical (unpaired) electrons. The Kier molecular flexibility index (Phi) is 2.50. The van der Waals surface area contributed by atoms with Crippen LogP contribution in [-0.2, 0) is 0 Å². The molecular formula is C10H20O2. The van der Waals surface area contributed by atoms with Gasteiger partial charge in [-0.15, -0.1) is 0 Å². The Labute approximate surface area is 74.6 Å². The molecule has 1 rings (SSSR count). The van der Waals surface area contributed by atoms with Crippen LogP contribution in [0.3, 0.4) is 0 Å². The van der Waals surface area contributed by atoms with E-state index >= 15 is 0 Å². The smallest absolute Gasteiger partial charge is 0.0620 e. The van der Waals surface area contributed by atoms with Crippen LogP contribution in [0, 0.1) is 5.92 Å². The van der Waals surface area contributed by atoms with Crippen LogP contribution in [0.2, 0.25) is 0 Å². The van der Waals surface area contributed by atoms with Gasteiger partial charge in [-0.25, -0.2) is 0 Å². The van der Waals surface area contributed by atoms with Crippen molar-refractivity contribution in [2.24, 2.45) is 5.92 Å². The summed E-state index contributed by atoms with van der Waals surface area (Å²) in [6.45, 7) is 5.60. The van der Waals surface area contributed by atoms with Gasteiger partial charge in [0.1, 0.15) is 0 Å². The van der Waals surface area contributed by atoms with E-state index < -0.39 is 11.2 Å². The van der Waals surface area contributed by atoms with Crippen LogP contribution in [0.5, 0.6) is 0 Å². The molecule has 1 fully saturated rings. The Morgan fingerprint density at radius 3 is 2.00 bits per heavy atom. The van der Waals surface area contributed by atoms with Gasteiger partial charge >= 0.3 is 0 Å². The van der Waals surface area contributed by atoms with Gasteiger partial charge in [0.25, 0.3) is 0 Å². The lowest BCUT2D eigenvalue weighted by Crippen LogP contribution is -2.39. The fraction of sp³-hybridized carbons (Fsp3) is 1.00. The van der Waals surface area contributed by atoms with Gasteiger partial charge in [0.05, 0.1) is 11.2 Å². The predicted octanol–water partition coefficient (Wildman–Crippen LogP) is 1.70. The van der Waals surface area contributed by atoms with Crippen LogP contribution in [0.4, 0.5) is 0 Å². The molecule has 2 nitrogen and oxygen atoms in total. The van der Waals surface area contributed by atoms with E-state index in [-0.39, 0.29) is 0 Å². The molecule has 0 unspecified atom stereocenters. The molecular weight excluding hydrogens is 152 g/mol. The van der Waals surface area contributed by atoms with Crippen molar-refractivity contribution in [2.45, 2.75) is 57.7 Å². The molecule has 0 aromatic carbocycles. The van der Waals surface area contributed by atoms with E-state index in [0.717, 1.165) is 25.7 Å². The minimum Gasteiger partial charge on any atom is -0.390 e. The monoisotopic (exact) mass is 172 g/mol. The lowest BCUT2D eigenvalue weighted by Gasteiger charge is -2.38. The highest BCUT2D eigenvalue weighted by Crippen LogP contribution is 2.36. The van der Waals surface area contributed by atoms with Crippen molar-refractivity contribution in [1.82, 2.24) is 0 Å². The molecule has 1 aliphatic carbocycles. The molecule has 0 heterocycles. The molecule has 12 heavy (non-hydrogen) atoms. The normalized spacial score (nSPS) is 38.2. The highest BCUT2D eigenvalue weighted by Gasteiger charge is 2.35. The molecule has 72 valence electrons. The predicted molar refractivity (Wildman–Crippen MR) is 48.9 cm³/mol. The highest BCUT2D eigenvalue weighted by atomic mass is 16.3. The third kappa shape index (κ3) is 2.46. The summed E-state index contributed by atoms with van der Waals surface area (Å²) in [5.74, 6) is 0.359. The van der Waals surface area contributed by atoms with Gasteiger partial charge in [-0.3, -0.25) is 0 Å². The molecule has 0 aromatic heterocycles. The molecule has 0 aromatic rings. The van der Waals surface area contributed by atoms with Gasteiger partial charge < -0.3 is 10.2 Å². The average molecular weight is 172 g/mol. The molecule has 0 amide bonds. The Balaban J connectivity index is 2.47. The van der Waals surface area contributed by atoms with Gasteiger partial charge in [0.2, 0.25) is 0 Å². The molecule has 1 saturated carbocycles. The summed E-state index contributed by atoms with van der Waals surface area (Å²) in [4.78, 5) is 0. The first kappa shape index (κ1) is 10.0. The zero-order chi connectivity index (χ0) is 9.41. The van der Waals surface area contributed by atoms with Crippen molar-refractivity contribution < 1.29 is 10.2 Å². The van der Waals surface area contributed by atoms with E-state index in [1.54, 1.807) is 0 Å². The Hall–Kier alpha value is -0.0800. The summed E-state index contributed by atoms with van der Waals surface area (Å²) in [6.07, 6.45) is 3.52. The first-order valence-electron chi connectivity index (χ1n) is 4.76. The molecule has 2 N–H and O–H groups in total. The summed E-state index contributed by atoms with van der Waals surface area (Å²) < 4.78 is 0. The highest BCUT2D eigenvalue weighted by molar-refractivity contribution is 4.87. The van der Waals surface area contributed by atoms with Crippen LogP contribution in [0.15, 0.2) is 0 Å². The molecule has 1 aliphatic rings. The largest absolute Gasteiger partial charge is 0.390 e. The van der Waals surface area contributed by atoms with Gasteiger partial charge in [-0.1, -0.05) is 0 Å². The van der Waals surface area contributed by atoms with Crippen LogP contribution < -0.4 is 0 Å². The fourth-order valence-electron chi connectivity index (χ4n) is 1.95. The summed E-state index contributed by atoms with van der Waals surface area (Å²) in [6, 6.07) is 0. The van der Waals surface area contributed by atoms with E-state index in [0.29, 0.717) is 5.92 Å². The zero-order valence-corrected chi connectivity index (χ0v) is 8.30. The molecule has 2 heteroatoms. The maximum Gasteiger partial charge on any atom is 0.0620 e. The van der Waals surface area contributed by atoms with E-state index in [4.69, 9.17) is 0 Å². The SMILES string of the molecule is CC(C)(O)[C@H]1CC[C@](C)(O)CC1. The molecule has 0 bridgehead atoms. The first-order chi connectivity index (χ1) is 5.31. The molecule has 0 saturated heterocycles. The number of aliphatic hydroxyl groups is 2. The van der Waals surface area contributed by atoms with Crippen molar-refractivity contribution in [2.75, 3.05) is 0 Å². The minimum absolute atomic E-state index is 0.359. The van der Waals surface area contributed by atoms with Gasteiger partial charge in [-0.05, 0) is 52.4 Å². The van der Waals surface area contributed by atoms with Crippen molar-refractivity contribution >= 4 is 0 Å². The standard InChI is InChI=1S/C10H20O2/c1-9(2,11)8-4-6-10(3,12)7-5-8/h8,11-12H,4-7H2,1-3H3/t8-,10-. The maximum absolute atomic E-state index is 9.73. The van der Waals surface area contributed by atoms with E-state index in [1.165, 1.54) is 0 Å². The van der Waals surface area contributed by atoms with Crippen LogP contribution in [0.1, 0.15) is 46.5 Å². The number of hydrogen-bond donors (Lipinski definition) is 2. The average Bonchev–Trinajstić information content (AvgIpc) is 1.83. The second kappa shape index (κ2) is 3.00. The lowest BCUT2D eigenvalue weighted by molar-refractivity contribution is -0.0509. The van der Waals surface area contributed by atoms with Crippen molar-refractivity contribution in [3.8, 4) is 0 Å². The van der Waals surface area contributed by atoms with Crippen molar-refractivity contribution in [3.05, 3.63) is 0 Å².